The van der Waals surface area contributed by atoms with Crippen LogP contribution in [0.5, 0.6) is 11.5 Å². The van der Waals surface area contributed by atoms with Crippen molar-refractivity contribution in [2.45, 2.75) is 18.7 Å². The molecule has 0 saturated carbocycles. The van der Waals surface area contributed by atoms with E-state index in [0.717, 1.165) is 10.8 Å². The predicted molar refractivity (Wildman–Crippen MR) is 91.8 cm³/mol. The van der Waals surface area contributed by atoms with Gasteiger partial charge in [-0.3, -0.25) is 0 Å². The molecule has 3 aromatic rings. The van der Waals surface area contributed by atoms with Crippen LogP contribution in [0.25, 0.3) is 21.5 Å². The van der Waals surface area contributed by atoms with E-state index in [2.05, 4.69) is 0 Å². The van der Waals surface area contributed by atoms with Gasteiger partial charge in [0.15, 0.2) is 0 Å². The number of fused-ring (bicyclic) bond motifs is 2. The average molecular weight is 368 g/mol. The predicted octanol–water partition coefficient (Wildman–Crippen LogP) is 0.699. The standard InChI is InChI=1S/C18H18O5S.Na/c1-3-22-17-13-7-5-6-8-14(13)18(23-4-2)16-11-12(24(19,20)21)9-10-15(16)17;/h5-11H,3-4H2,1-2H3,(H,19,20,21);/q;+1/p-1. The number of benzene rings is 3. The summed E-state index contributed by atoms with van der Waals surface area (Å²) in [6.45, 7) is 4.62. The number of ether oxygens (including phenoxy) is 2. The molecule has 0 saturated heterocycles. The van der Waals surface area contributed by atoms with Crippen LogP contribution in [0.1, 0.15) is 13.8 Å². The fourth-order valence-electron chi connectivity index (χ4n) is 2.83. The zero-order valence-corrected chi connectivity index (χ0v) is 17.2. The van der Waals surface area contributed by atoms with E-state index in [1.165, 1.54) is 12.1 Å². The summed E-state index contributed by atoms with van der Waals surface area (Å²) in [4.78, 5) is -0.284. The van der Waals surface area contributed by atoms with Crippen molar-refractivity contribution in [3.05, 3.63) is 42.5 Å². The minimum atomic E-state index is -4.55. The Morgan fingerprint density at radius 3 is 1.80 bits per heavy atom. The van der Waals surface area contributed by atoms with E-state index in [1.54, 1.807) is 6.07 Å². The minimum Gasteiger partial charge on any atom is -0.744 e. The molecule has 3 rings (SSSR count). The van der Waals surface area contributed by atoms with Crippen molar-refractivity contribution in [3.8, 4) is 11.5 Å². The van der Waals surface area contributed by atoms with Gasteiger partial charge in [-0.1, -0.05) is 24.3 Å². The van der Waals surface area contributed by atoms with Crippen LogP contribution in [0.15, 0.2) is 47.4 Å². The Kier molecular flexibility index (Phi) is 6.35. The fourth-order valence-corrected chi connectivity index (χ4v) is 3.33. The zero-order valence-electron chi connectivity index (χ0n) is 14.4. The smallest absolute Gasteiger partial charge is 0.744 e. The number of hydrogen-bond acceptors (Lipinski definition) is 5. The topological polar surface area (TPSA) is 75.7 Å². The molecule has 3 aromatic carbocycles. The summed E-state index contributed by atoms with van der Waals surface area (Å²) < 4.78 is 45.8. The first kappa shape index (κ1) is 20.0. The number of rotatable bonds is 5. The van der Waals surface area contributed by atoms with E-state index in [9.17, 15) is 13.0 Å². The molecule has 0 N–H and O–H groups in total. The molecule has 0 fully saturated rings. The molecule has 0 spiro atoms. The van der Waals surface area contributed by atoms with Gasteiger partial charge >= 0.3 is 29.6 Å². The Morgan fingerprint density at radius 1 is 0.840 bits per heavy atom. The molecule has 0 aromatic heterocycles. The molecular weight excluding hydrogens is 351 g/mol. The number of hydrogen-bond donors (Lipinski definition) is 0. The van der Waals surface area contributed by atoms with Crippen LogP contribution in [-0.4, -0.2) is 26.2 Å². The van der Waals surface area contributed by atoms with Gasteiger partial charge in [0.1, 0.15) is 21.6 Å². The van der Waals surface area contributed by atoms with Crippen molar-refractivity contribution in [3.63, 3.8) is 0 Å². The maximum absolute atomic E-state index is 11.4. The minimum absolute atomic E-state index is 0. The molecule has 0 bridgehead atoms. The summed E-state index contributed by atoms with van der Waals surface area (Å²) in [6, 6.07) is 11.9. The van der Waals surface area contributed by atoms with Crippen LogP contribution < -0.4 is 39.0 Å². The second kappa shape index (κ2) is 7.93. The van der Waals surface area contributed by atoms with Gasteiger partial charge in [0, 0.05) is 21.5 Å². The summed E-state index contributed by atoms with van der Waals surface area (Å²) in [5, 5.41) is 2.96. The molecule has 0 atom stereocenters. The second-order valence-electron chi connectivity index (χ2n) is 5.23. The third-order valence-electron chi connectivity index (χ3n) is 3.76. The van der Waals surface area contributed by atoms with Crippen molar-refractivity contribution in [2.75, 3.05) is 13.2 Å². The van der Waals surface area contributed by atoms with Gasteiger partial charge in [-0.05, 0) is 32.0 Å². The van der Waals surface area contributed by atoms with Crippen LogP contribution >= 0.6 is 0 Å². The van der Waals surface area contributed by atoms with Crippen LogP contribution in [0.3, 0.4) is 0 Å². The fraction of sp³-hybridized carbons (Fsp3) is 0.222. The van der Waals surface area contributed by atoms with E-state index in [-0.39, 0.29) is 34.5 Å². The molecule has 0 radical (unpaired) electrons. The third-order valence-corrected chi connectivity index (χ3v) is 4.59. The van der Waals surface area contributed by atoms with Crippen LogP contribution in [-0.2, 0) is 10.1 Å². The second-order valence-corrected chi connectivity index (χ2v) is 6.61. The summed E-state index contributed by atoms with van der Waals surface area (Å²) >= 11 is 0. The van der Waals surface area contributed by atoms with Crippen LogP contribution in [0.4, 0.5) is 0 Å². The Bertz CT molecular complexity index is 1010. The molecule has 0 aliphatic carbocycles. The molecule has 0 amide bonds. The first-order chi connectivity index (χ1) is 11.5. The molecule has 0 aliphatic heterocycles. The average Bonchev–Trinajstić information content (AvgIpc) is 2.56. The molecule has 126 valence electrons. The van der Waals surface area contributed by atoms with Crippen LogP contribution in [0.2, 0.25) is 0 Å². The van der Waals surface area contributed by atoms with Gasteiger partial charge in [0.25, 0.3) is 0 Å². The zero-order chi connectivity index (χ0) is 17.3. The largest absolute Gasteiger partial charge is 1.00 e. The van der Waals surface area contributed by atoms with E-state index in [4.69, 9.17) is 9.47 Å². The normalized spacial score (nSPS) is 11.3. The van der Waals surface area contributed by atoms with E-state index in [0.29, 0.717) is 35.5 Å². The van der Waals surface area contributed by atoms with Crippen LogP contribution in [0, 0.1) is 0 Å². The molecule has 25 heavy (non-hydrogen) atoms. The molecular formula is C18H17NaO5S. The van der Waals surface area contributed by atoms with Gasteiger partial charge < -0.3 is 14.0 Å². The van der Waals surface area contributed by atoms with Crippen molar-refractivity contribution >= 4 is 31.7 Å². The van der Waals surface area contributed by atoms with Crippen molar-refractivity contribution < 1.29 is 52.0 Å². The molecule has 7 heteroatoms. The summed E-state index contributed by atoms with van der Waals surface area (Å²) in [7, 11) is -4.55. The van der Waals surface area contributed by atoms with Gasteiger partial charge in [-0.2, -0.15) is 0 Å². The van der Waals surface area contributed by atoms with E-state index < -0.39 is 10.1 Å². The molecule has 0 heterocycles. The maximum atomic E-state index is 11.4. The molecule has 0 unspecified atom stereocenters. The maximum Gasteiger partial charge on any atom is 1.00 e. The Labute approximate surface area is 169 Å². The van der Waals surface area contributed by atoms with Gasteiger partial charge in [-0.15, -0.1) is 0 Å². The van der Waals surface area contributed by atoms with Crippen molar-refractivity contribution in [1.82, 2.24) is 0 Å². The molecule has 5 nitrogen and oxygen atoms in total. The third kappa shape index (κ3) is 3.78. The Balaban J connectivity index is 0.00000225. The van der Waals surface area contributed by atoms with Gasteiger partial charge in [0.05, 0.1) is 18.1 Å². The monoisotopic (exact) mass is 368 g/mol. The summed E-state index contributed by atoms with van der Waals surface area (Å²) in [5.74, 6) is 1.21. The van der Waals surface area contributed by atoms with Crippen molar-refractivity contribution in [2.24, 2.45) is 0 Å². The van der Waals surface area contributed by atoms with Gasteiger partial charge in [0.2, 0.25) is 0 Å². The molecule has 0 aliphatic rings. The van der Waals surface area contributed by atoms with E-state index >= 15 is 0 Å². The quantitative estimate of drug-likeness (QED) is 0.376. The summed E-state index contributed by atoms with van der Waals surface area (Å²) in [5.41, 5.74) is 0. The summed E-state index contributed by atoms with van der Waals surface area (Å²) in [6.07, 6.45) is 0. The first-order valence-corrected chi connectivity index (χ1v) is 9.08. The Hall–Kier alpha value is -1.31. The van der Waals surface area contributed by atoms with E-state index in [1.807, 2.05) is 38.1 Å². The SMILES string of the molecule is CCOc1c2ccccc2c(OCC)c2cc(S(=O)(=O)[O-])ccc12.[Na+]. The van der Waals surface area contributed by atoms with Gasteiger partial charge in [-0.25, -0.2) is 8.42 Å². The van der Waals surface area contributed by atoms with Crippen molar-refractivity contribution in [1.29, 1.82) is 0 Å². The first-order valence-electron chi connectivity index (χ1n) is 7.67. The Morgan fingerprint density at radius 2 is 1.32 bits per heavy atom.